The predicted molar refractivity (Wildman–Crippen MR) is 42.3 cm³/mol. The van der Waals surface area contributed by atoms with Crippen LogP contribution < -0.4 is 5.73 Å². The van der Waals surface area contributed by atoms with Crippen molar-refractivity contribution in [3.05, 3.63) is 35.4 Å². The molecule has 4 heteroatoms. The highest BCUT2D eigenvalue weighted by atomic mass is 32.1. The molecule has 0 aliphatic heterocycles. The molecular weight excluding hydrogens is 168 g/mol. The molecule has 0 bridgehead atoms. The first-order valence-corrected chi connectivity index (χ1v) is 3.51. The van der Waals surface area contributed by atoms with Crippen LogP contribution in [-0.4, -0.2) is 0 Å². The number of nitrogens with two attached hydrogens (primary N) is 1. The van der Waals surface area contributed by atoms with Gasteiger partial charge >= 0.3 is 0 Å². The van der Waals surface area contributed by atoms with Gasteiger partial charge in [0.2, 0.25) is 0 Å². The van der Waals surface area contributed by atoms with Gasteiger partial charge in [0.15, 0.2) is 0 Å². The van der Waals surface area contributed by atoms with Gasteiger partial charge in [-0.1, -0.05) is 6.07 Å². The molecule has 0 aliphatic rings. The van der Waals surface area contributed by atoms with Gasteiger partial charge in [-0.3, -0.25) is 0 Å². The standard InChI is InChI=1S/C7H7F2NS/c8-4-1-2-5(7(10)11)6(9)3-4/h1-3,7,11H,10H2. The fourth-order valence-corrected chi connectivity index (χ4v) is 0.951. The second-order valence-corrected chi connectivity index (χ2v) is 2.67. The summed E-state index contributed by atoms with van der Waals surface area (Å²) >= 11 is 3.81. The lowest BCUT2D eigenvalue weighted by Crippen LogP contribution is -2.04. The van der Waals surface area contributed by atoms with E-state index in [1.807, 2.05) is 0 Å². The second kappa shape index (κ2) is 3.19. The van der Waals surface area contributed by atoms with Crippen LogP contribution in [0.4, 0.5) is 8.78 Å². The lowest BCUT2D eigenvalue weighted by Gasteiger charge is -2.04. The molecule has 11 heavy (non-hydrogen) atoms. The monoisotopic (exact) mass is 175 g/mol. The maximum absolute atomic E-state index is 12.7. The van der Waals surface area contributed by atoms with Crippen molar-refractivity contribution in [3.63, 3.8) is 0 Å². The number of halogens is 2. The first kappa shape index (κ1) is 8.49. The van der Waals surface area contributed by atoms with Crippen LogP contribution in [0.3, 0.4) is 0 Å². The zero-order valence-electron chi connectivity index (χ0n) is 5.59. The Kier molecular flexibility index (Phi) is 2.46. The molecule has 0 saturated carbocycles. The predicted octanol–water partition coefficient (Wildman–Crippen LogP) is 1.85. The number of rotatable bonds is 1. The van der Waals surface area contributed by atoms with Crippen molar-refractivity contribution in [3.8, 4) is 0 Å². The number of benzene rings is 1. The van der Waals surface area contributed by atoms with Gasteiger partial charge in [-0.05, 0) is 6.07 Å². The highest BCUT2D eigenvalue weighted by Crippen LogP contribution is 2.17. The molecular formula is C7H7F2NS. The highest BCUT2D eigenvalue weighted by Gasteiger charge is 2.07. The number of thiol groups is 1. The first-order chi connectivity index (χ1) is 5.11. The van der Waals surface area contributed by atoms with Crippen LogP contribution in [0, 0.1) is 11.6 Å². The van der Waals surface area contributed by atoms with Gasteiger partial charge in [0, 0.05) is 11.6 Å². The summed E-state index contributed by atoms with van der Waals surface area (Å²) in [5, 5.41) is -0.699. The first-order valence-electron chi connectivity index (χ1n) is 3.00. The van der Waals surface area contributed by atoms with Gasteiger partial charge in [0.25, 0.3) is 0 Å². The Hall–Kier alpha value is -0.610. The minimum Gasteiger partial charge on any atom is -0.316 e. The van der Waals surface area contributed by atoms with Crippen molar-refractivity contribution in [2.45, 2.75) is 5.37 Å². The molecule has 0 amide bonds. The summed E-state index contributed by atoms with van der Waals surface area (Å²) in [6.45, 7) is 0. The third kappa shape index (κ3) is 1.91. The van der Waals surface area contributed by atoms with Crippen LogP contribution in [0.25, 0.3) is 0 Å². The summed E-state index contributed by atoms with van der Waals surface area (Å²) in [5.74, 6) is -1.27. The van der Waals surface area contributed by atoms with Gasteiger partial charge in [0.1, 0.15) is 11.6 Å². The van der Waals surface area contributed by atoms with Crippen LogP contribution >= 0.6 is 12.6 Å². The van der Waals surface area contributed by atoms with E-state index in [9.17, 15) is 8.78 Å². The molecule has 0 aromatic heterocycles. The van der Waals surface area contributed by atoms with E-state index in [-0.39, 0.29) is 5.56 Å². The maximum atomic E-state index is 12.7. The molecule has 0 heterocycles. The van der Waals surface area contributed by atoms with Crippen molar-refractivity contribution < 1.29 is 8.78 Å². The molecule has 1 atom stereocenters. The molecule has 1 aromatic rings. The molecule has 1 aromatic carbocycles. The van der Waals surface area contributed by atoms with Crippen LogP contribution in [0.1, 0.15) is 10.9 Å². The molecule has 1 unspecified atom stereocenters. The van der Waals surface area contributed by atoms with Crippen molar-refractivity contribution >= 4 is 12.6 Å². The zero-order valence-corrected chi connectivity index (χ0v) is 6.48. The third-order valence-electron chi connectivity index (χ3n) is 1.28. The van der Waals surface area contributed by atoms with Crippen molar-refractivity contribution in [1.29, 1.82) is 0 Å². The van der Waals surface area contributed by atoms with E-state index in [1.54, 1.807) is 0 Å². The van der Waals surface area contributed by atoms with Crippen LogP contribution in [0.15, 0.2) is 18.2 Å². The lowest BCUT2D eigenvalue weighted by atomic mass is 10.2. The average Bonchev–Trinajstić information content (AvgIpc) is 1.85. The molecule has 0 spiro atoms. The second-order valence-electron chi connectivity index (χ2n) is 2.11. The molecule has 60 valence electrons. The molecule has 1 nitrogen and oxygen atoms in total. The van der Waals surface area contributed by atoms with Crippen molar-refractivity contribution in [2.75, 3.05) is 0 Å². The number of hydrogen-bond acceptors (Lipinski definition) is 2. The summed E-state index contributed by atoms with van der Waals surface area (Å²) in [5.41, 5.74) is 5.47. The topological polar surface area (TPSA) is 26.0 Å². The van der Waals surface area contributed by atoms with E-state index >= 15 is 0 Å². The Morgan fingerprint density at radius 2 is 2.00 bits per heavy atom. The zero-order chi connectivity index (χ0) is 8.43. The maximum Gasteiger partial charge on any atom is 0.131 e. The van der Waals surface area contributed by atoms with E-state index in [0.29, 0.717) is 0 Å². The van der Waals surface area contributed by atoms with Crippen LogP contribution in [0.5, 0.6) is 0 Å². The van der Waals surface area contributed by atoms with Gasteiger partial charge in [-0.2, -0.15) is 12.6 Å². The molecule has 0 radical (unpaired) electrons. The van der Waals surface area contributed by atoms with E-state index in [4.69, 9.17) is 5.73 Å². The molecule has 0 aliphatic carbocycles. The summed E-state index contributed by atoms with van der Waals surface area (Å²) in [4.78, 5) is 0. The Morgan fingerprint density at radius 3 is 2.45 bits per heavy atom. The van der Waals surface area contributed by atoms with Gasteiger partial charge in [-0.25, -0.2) is 8.78 Å². The lowest BCUT2D eigenvalue weighted by molar-refractivity contribution is 0.572. The minimum atomic E-state index is -0.699. The summed E-state index contributed by atoms with van der Waals surface area (Å²) in [6, 6.07) is 3.21. The molecule has 2 N–H and O–H groups in total. The average molecular weight is 175 g/mol. The van der Waals surface area contributed by atoms with Gasteiger partial charge in [-0.15, -0.1) is 0 Å². The summed E-state index contributed by atoms with van der Waals surface area (Å²) in [6.07, 6.45) is 0. The quantitative estimate of drug-likeness (QED) is 0.494. The summed E-state index contributed by atoms with van der Waals surface area (Å²) in [7, 11) is 0. The third-order valence-corrected chi connectivity index (χ3v) is 1.56. The van der Waals surface area contributed by atoms with E-state index in [2.05, 4.69) is 12.6 Å². The number of hydrogen-bond donors (Lipinski definition) is 2. The van der Waals surface area contributed by atoms with Gasteiger partial charge in [0.05, 0.1) is 5.37 Å². The SMILES string of the molecule is NC(S)c1ccc(F)cc1F. The fraction of sp³-hybridized carbons (Fsp3) is 0.143. The molecule has 0 fully saturated rings. The van der Waals surface area contributed by atoms with Crippen LogP contribution in [-0.2, 0) is 0 Å². The van der Waals surface area contributed by atoms with E-state index in [1.165, 1.54) is 6.07 Å². The smallest absolute Gasteiger partial charge is 0.131 e. The minimum absolute atomic E-state index is 0.203. The molecule has 1 rings (SSSR count). The Balaban J connectivity index is 3.09. The Bertz CT molecular complexity index is 263. The fourth-order valence-electron chi connectivity index (χ4n) is 0.741. The van der Waals surface area contributed by atoms with E-state index < -0.39 is 17.0 Å². The normalized spacial score (nSPS) is 13.1. The van der Waals surface area contributed by atoms with E-state index in [0.717, 1.165) is 12.1 Å². The van der Waals surface area contributed by atoms with Crippen LogP contribution in [0.2, 0.25) is 0 Å². The molecule has 0 saturated heterocycles. The van der Waals surface area contributed by atoms with Crippen molar-refractivity contribution in [1.82, 2.24) is 0 Å². The Labute approximate surface area is 68.6 Å². The summed E-state index contributed by atoms with van der Waals surface area (Å²) < 4.78 is 25.0. The largest absolute Gasteiger partial charge is 0.316 e. The highest BCUT2D eigenvalue weighted by molar-refractivity contribution is 7.80. The van der Waals surface area contributed by atoms with Gasteiger partial charge < -0.3 is 5.73 Å². The Morgan fingerprint density at radius 1 is 1.36 bits per heavy atom. The van der Waals surface area contributed by atoms with Crippen molar-refractivity contribution in [2.24, 2.45) is 5.73 Å².